The zero-order chi connectivity index (χ0) is 10.5. The first kappa shape index (κ1) is 11.6. The van der Waals surface area contributed by atoms with E-state index in [1.165, 1.54) is 47.9 Å². The molecule has 2 rings (SSSR count). The van der Waals surface area contributed by atoms with Crippen molar-refractivity contribution < 1.29 is 4.74 Å². The molecule has 1 aliphatic rings. The van der Waals surface area contributed by atoms with Crippen LogP contribution in [0.25, 0.3) is 0 Å². The smallest absolute Gasteiger partial charge is 0.0813 e. The van der Waals surface area contributed by atoms with Gasteiger partial charge in [0.05, 0.1) is 12.7 Å². The molecule has 0 spiro atoms. The Bertz CT molecular complexity index is 290. The lowest BCUT2D eigenvalue weighted by Gasteiger charge is -2.14. The first-order valence-corrected chi connectivity index (χ1v) is 7.36. The summed E-state index contributed by atoms with van der Waals surface area (Å²) >= 11 is 5.24. The lowest BCUT2D eigenvalue weighted by molar-refractivity contribution is 0.0324. The second-order valence-corrected chi connectivity index (χ2v) is 6.07. The van der Waals surface area contributed by atoms with Gasteiger partial charge < -0.3 is 4.74 Å². The summed E-state index contributed by atoms with van der Waals surface area (Å²) in [5, 5.41) is 2.12. The summed E-state index contributed by atoms with van der Waals surface area (Å²) in [5.41, 5.74) is 0. The fourth-order valence-electron chi connectivity index (χ4n) is 2.04. The van der Waals surface area contributed by atoms with E-state index >= 15 is 0 Å². The monoisotopic (exact) mass is 288 g/mol. The van der Waals surface area contributed by atoms with Gasteiger partial charge in [-0.25, -0.2) is 0 Å². The molecule has 0 aliphatic heterocycles. The van der Waals surface area contributed by atoms with Crippen molar-refractivity contribution in [2.24, 2.45) is 0 Å². The molecule has 1 nitrogen and oxygen atoms in total. The standard InChI is InChI=1S/C12H17BrOS/c13-10-7-12(15-9-10)8-14-11-5-3-1-2-4-6-11/h7,9,11H,1-6,8H2. The van der Waals surface area contributed by atoms with Crippen LogP contribution in [0.15, 0.2) is 15.9 Å². The van der Waals surface area contributed by atoms with Crippen LogP contribution in [0.1, 0.15) is 43.4 Å². The Morgan fingerprint density at radius 2 is 2.00 bits per heavy atom. The van der Waals surface area contributed by atoms with Gasteiger partial charge in [-0.3, -0.25) is 0 Å². The Kier molecular flexibility index (Phi) is 4.66. The topological polar surface area (TPSA) is 9.23 Å². The fourth-order valence-corrected chi connectivity index (χ4v) is 3.41. The lowest BCUT2D eigenvalue weighted by Crippen LogP contribution is -2.10. The minimum atomic E-state index is 0.508. The normalized spacial score (nSPS) is 19.0. The van der Waals surface area contributed by atoms with Gasteiger partial charge in [0, 0.05) is 14.7 Å². The second-order valence-electron chi connectivity index (χ2n) is 4.16. The van der Waals surface area contributed by atoms with E-state index in [0.29, 0.717) is 6.10 Å². The molecule has 0 bridgehead atoms. The molecular weight excluding hydrogens is 272 g/mol. The van der Waals surface area contributed by atoms with Crippen molar-refractivity contribution in [3.05, 3.63) is 20.8 Å². The summed E-state index contributed by atoms with van der Waals surface area (Å²) in [4.78, 5) is 1.33. The highest BCUT2D eigenvalue weighted by Gasteiger charge is 2.12. The molecule has 0 radical (unpaired) electrons. The van der Waals surface area contributed by atoms with Gasteiger partial charge in [-0.2, -0.15) is 0 Å². The van der Waals surface area contributed by atoms with Crippen LogP contribution in [0.4, 0.5) is 0 Å². The van der Waals surface area contributed by atoms with E-state index in [2.05, 4.69) is 27.4 Å². The van der Waals surface area contributed by atoms with E-state index in [1.54, 1.807) is 11.3 Å². The SMILES string of the molecule is Brc1csc(COC2CCCCCC2)c1. The van der Waals surface area contributed by atoms with Gasteiger partial charge in [0.25, 0.3) is 0 Å². The first-order chi connectivity index (χ1) is 7.34. The molecule has 1 aromatic heterocycles. The van der Waals surface area contributed by atoms with Crippen LogP contribution in [-0.4, -0.2) is 6.10 Å². The lowest BCUT2D eigenvalue weighted by atomic mass is 10.1. The molecule has 1 saturated carbocycles. The third-order valence-electron chi connectivity index (χ3n) is 2.89. The van der Waals surface area contributed by atoms with E-state index in [-0.39, 0.29) is 0 Å². The van der Waals surface area contributed by atoms with Crippen molar-refractivity contribution in [3.8, 4) is 0 Å². The summed E-state index contributed by atoms with van der Waals surface area (Å²) in [6.45, 7) is 0.793. The van der Waals surface area contributed by atoms with Crippen LogP contribution >= 0.6 is 27.3 Å². The van der Waals surface area contributed by atoms with Crippen molar-refractivity contribution in [3.63, 3.8) is 0 Å². The Morgan fingerprint density at radius 1 is 1.27 bits per heavy atom. The van der Waals surface area contributed by atoms with E-state index < -0.39 is 0 Å². The molecule has 1 aliphatic carbocycles. The molecule has 1 aromatic rings. The van der Waals surface area contributed by atoms with Crippen molar-refractivity contribution in [1.82, 2.24) is 0 Å². The summed E-state index contributed by atoms with van der Waals surface area (Å²) in [7, 11) is 0. The Balaban J connectivity index is 1.76. The molecule has 15 heavy (non-hydrogen) atoms. The van der Waals surface area contributed by atoms with Gasteiger partial charge in [-0.05, 0) is 34.8 Å². The maximum Gasteiger partial charge on any atom is 0.0813 e. The third-order valence-corrected chi connectivity index (χ3v) is 4.56. The van der Waals surface area contributed by atoms with Gasteiger partial charge in [0.2, 0.25) is 0 Å². The predicted octanol–water partition coefficient (Wildman–Crippen LogP) is 4.75. The van der Waals surface area contributed by atoms with Gasteiger partial charge in [-0.15, -0.1) is 11.3 Å². The van der Waals surface area contributed by atoms with Crippen molar-refractivity contribution >= 4 is 27.3 Å². The van der Waals surface area contributed by atoms with Crippen LogP contribution in [0.2, 0.25) is 0 Å². The molecule has 0 atom stereocenters. The third kappa shape index (κ3) is 3.89. The molecule has 1 fully saturated rings. The average Bonchev–Trinajstić information content (AvgIpc) is 2.52. The molecule has 0 N–H and O–H groups in total. The van der Waals surface area contributed by atoms with Gasteiger partial charge in [-0.1, -0.05) is 25.7 Å². The summed E-state index contributed by atoms with van der Waals surface area (Å²) in [5.74, 6) is 0. The van der Waals surface area contributed by atoms with Gasteiger partial charge in [0.15, 0.2) is 0 Å². The minimum Gasteiger partial charge on any atom is -0.373 e. The first-order valence-electron chi connectivity index (χ1n) is 5.69. The quantitative estimate of drug-likeness (QED) is 0.730. The maximum atomic E-state index is 5.95. The molecule has 0 amide bonds. The molecule has 0 saturated heterocycles. The van der Waals surface area contributed by atoms with Crippen molar-refractivity contribution in [2.45, 2.75) is 51.2 Å². The van der Waals surface area contributed by atoms with Crippen LogP contribution < -0.4 is 0 Å². The van der Waals surface area contributed by atoms with E-state index in [1.807, 2.05) is 0 Å². The minimum absolute atomic E-state index is 0.508. The van der Waals surface area contributed by atoms with Crippen LogP contribution in [0.3, 0.4) is 0 Å². The largest absolute Gasteiger partial charge is 0.373 e. The average molecular weight is 289 g/mol. The Hall–Kier alpha value is 0.140. The maximum absolute atomic E-state index is 5.95. The van der Waals surface area contributed by atoms with Crippen LogP contribution in [-0.2, 0) is 11.3 Å². The second kappa shape index (κ2) is 6.02. The van der Waals surface area contributed by atoms with Gasteiger partial charge in [0.1, 0.15) is 0 Å². The summed E-state index contributed by atoms with van der Waals surface area (Å²) in [6, 6.07) is 2.15. The zero-order valence-corrected chi connectivity index (χ0v) is 11.3. The molecular formula is C12H17BrOS. The van der Waals surface area contributed by atoms with E-state index in [4.69, 9.17) is 4.74 Å². The number of ether oxygens (including phenoxy) is 1. The number of hydrogen-bond acceptors (Lipinski definition) is 2. The number of halogens is 1. The summed E-state index contributed by atoms with van der Waals surface area (Å²) < 4.78 is 7.13. The Labute approximate surface area is 104 Å². The predicted molar refractivity (Wildman–Crippen MR) is 68.3 cm³/mol. The van der Waals surface area contributed by atoms with Crippen molar-refractivity contribution in [1.29, 1.82) is 0 Å². The van der Waals surface area contributed by atoms with Crippen LogP contribution in [0, 0.1) is 0 Å². The van der Waals surface area contributed by atoms with E-state index in [9.17, 15) is 0 Å². The highest BCUT2D eigenvalue weighted by molar-refractivity contribution is 9.10. The molecule has 84 valence electrons. The van der Waals surface area contributed by atoms with Crippen LogP contribution in [0.5, 0.6) is 0 Å². The zero-order valence-electron chi connectivity index (χ0n) is 8.88. The highest BCUT2D eigenvalue weighted by Crippen LogP contribution is 2.24. The van der Waals surface area contributed by atoms with Crippen molar-refractivity contribution in [2.75, 3.05) is 0 Å². The van der Waals surface area contributed by atoms with E-state index in [0.717, 1.165) is 6.61 Å². The molecule has 0 aromatic carbocycles. The molecule has 3 heteroatoms. The van der Waals surface area contributed by atoms with Gasteiger partial charge >= 0.3 is 0 Å². The fraction of sp³-hybridized carbons (Fsp3) is 0.667. The number of thiophene rings is 1. The highest BCUT2D eigenvalue weighted by atomic mass is 79.9. The summed E-state index contributed by atoms with van der Waals surface area (Å²) in [6.07, 6.45) is 8.50. The Morgan fingerprint density at radius 3 is 2.60 bits per heavy atom. The molecule has 0 unspecified atom stereocenters. The number of hydrogen-bond donors (Lipinski definition) is 0. The number of rotatable bonds is 3. The molecule has 1 heterocycles.